The zero-order chi connectivity index (χ0) is 16.0. The van der Waals surface area contributed by atoms with Gasteiger partial charge in [-0.1, -0.05) is 12.1 Å². The fourth-order valence-corrected chi connectivity index (χ4v) is 3.05. The molecule has 1 saturated carbocycles. The van der Waals surface area contributed by atoms with Crippen LogP contribution in [-0.2, 0) is 4.79 Å². The van der Waals surface area contributed by atoms with Gasteiger partial charge in [0, 0.05) is 0 Å². The number of hydrogen-bond acceptors (Lipinski definition) is 3. The second-order valence-electron chi connectivity index (χ2n) is 5.84. The lowest BCUT2D eigenvalue weighted by Crippen LogP contribution is -2.35. The van der Waals surface area contributed by atoms with Crippen molar-refractivity contribution in [3.8, 4) is 5.69 Å². The molecule has 2 unspecified atom stereocenters. The van der Waals surface area contributed by atoms with Gasteiger partial charge in [0.2, 0.25) is 5.91 Å². The van der Waals surface area contributed by atoms with Crippen LogP contribution in [0.2, 0.25) is 0 Å². The number of alkyl halides is 2. The Morgan fingerprint density at radius 2 is 2.00 bits per heavy atom. The van der Waals surface area contributed by atoms with E-state index in [2.05, 4.69) is 15.4 Å². The van der Waals surface area contributed by atoms with Crippen LogP contribution in [0.3, 0.4) is 0 Å². The number of amides is 1. The van der Waals surface area contributed by atoms with Crippen molar-refractivity contribution in [1.29, 1.82) is 0 Å². The van der Waals surface area contributed by atoms with Crippen molar-refractivity contribution in [3.63, 3.8) is 0 Å². The molecule has 1 amide bonds. The Hall–Kier alpha value is -1.59. The highest BCUT2D eigenvalue weighted by molar-refractivity contribution is 6.53. The molecule has 1 heterocycles. The number of nitrogens with one attached hydrogen (secondary N) is 1. The van der Waals surface area contributed by atoms with Crippen LogP contribution in [0.5, 0.6) is 0 Å². The van der Waals surface area contributed by atoms with E-state index in [1.54, 1.807) is 17.9 Å². The monoisotopic (exact) mass is 338 g/mol. The number of rotatable bonds is 4. The summed E-state index contributed by atoms with van der Waals surface area (Å²) in [4.78, 5) is 16.2. The van der Waals surface area contributed by atoms with Crippen LogP contribution in [0.15, 0.2) is 36.9 Å². The van der Waals surface area contributed by atoms with Gasteiger partial charge < -0.3 is 5.32 Å². The smallest absolute Gasteiger partial charge is 0.229 e. The maximum Gasteiger partial charge on any atom is 0.229 e. The third kappa shape index (κ3) is 2.59. The molecule has 22 heavy (non-hydrogen) atoms. The van der Waals surface area contributed by atoms with E-state index in [4.69, 9.17) is 23.2 Å². The Labute approximate surface area is 138 Å². The fraction of sp³-hybridized carbons (Fsp3) is 0.400. The summed E-state index contributed by atoms with van der Waals surface area (Å²) >= 11 is 12.1. The van der Waals surface area contributed by atoms with Gasteiger partial charge in [-0.05, 0) is 38.0 Å². The summed E-state index contributed by atoms with van der Waals surface area (Å²) < 4.78 is 0.724. The van der Waals surface area contributed by atoms with Crippen LogP contribution in [0.25, 0.3) is 5.69 Å². The molecule has 1 aromatic heterocycles. The van der Waals surface area contributed by atoms with Crippen LogP contribution in [-0.4, -0.2) is 25.0 Å². The third-order valence-electron chi connectivity index (χ3n) is 4.18. The Balaban J connectivity index is 1.68. The number of nitrogens with zero attached hydrogens (tertiary/aromatic N) is 3. The van der Waals surface area contributed by atoms with Gasteiger partial charge in [0.25, 0.3) is 0 Å². The van der Waals surface area contributed by atoms with Gasteiger partial charge in [0.15, 0.2) is 0 Å². The lowest BCUT2D eigenvalue weighted by molar-refractivity contribution is -0.126. The molecule has 7 heteroatoms. The van der Waals surface area contributed by atoms with E-state index in [0.717, 1.165) is 11.3 Å². The molecule has 0 bridgehead atoms. The zero-order valence-electron chi connectivity index (χ0n) is 12.3. The molecule has 5 nitrogen and oxygen atoms in total. The number of hydrogen-bond donors (Lipinski definition) is 1. The van der Waals surface area contributed by atoms with E-state index in [9.17, 15) is 4.79 Å². The molecule has 0 spiro atoms. The number of benzene rings is 1. The number of carbonyl (C=O) groups is 1. The minimum absolute atomic E-state index is 0.120. The van der Waals surface area contributed by atoms with Crippen molar-refractivity contribution in [1.82, 2.24) is 20.1 Å². The summed E-state index contributed by atoms with van der Waals surface area (Å²) in [6, 6.07) is 7.63. The molecule has 1 N–H and O–H groups in total. The lowest BCUT2D eigenvalue weighted by atomic mass is 10.1. The molecule has 2 aromatic rings. The quantitative estimate of drug-likeness (QED) is 0.871. The summed E-state index contributed by atoms with van der Waals surface area (Å²) in [7, 11) is 0. The molecule has 0 radical (unpaired) electrons. The molecule has 1 aliphatic carbocycles. The summed E-state index contributed by atoms with van der Waals surface area (Å²) in [5.41, 5.74) is 1.20. The molecule has 116 valence electrons. The maximum atomic E-state index is 12.3. The van der Waals surface area contributed by atoms with E-state index in [1.165, 1.54) is 6.33 Å². The minimum Gasteiger partial charge on any atom is -0.349 e. The summed E-state index contributed by atoms with van der Waals surface area (Å²) in [6.45, 7) is 3.71. The molecule has 3 rings (SSSR count). The van der Waals surface area contributed by atoms with Crippen LogP contribution in [0.4, 0.5) is 0 Å². The van der Waals surface area contributed by atoms with Crippen LogP contribution in [0, 0.1) is 5.41 Å². The second kappa shape index (κ2) is 5.25. The van der Waals surface area contributed by atoms with Crippen molar-refractivity contribution in [2.24, 2.45) is 5.41 Å². The van der Waals surface area contributed by atoms with Crippen LogP contribution >= 0.6 is 23.2 Å². The van der Waals surface area contributed by atoms with Crippen molar-refractivity contribution < 1.29 is 4.79 Å². The van der Waals surface area contributed by atoms with Gasteiger partial charge in [-0.15, -0.1) is 23.2 Å². The molecule has 1 aliphatic rings. The summed E-state index contributed by atoms with van der Waals surface area (Å²) in [6.07, 6.45) is 3.60. The molecular formula is C15H16Cl2N4O. The van der Waals surface area contributed by atoms with Gasteiger partial charge in [0.1, 0.15) is 17.0 Å². The van der Waals surface area contributed by atoms with E-state index >= 15 is 0 Å². The fourth-order valence-electron chi connectivity index (χ4n) is 2.34. The Morgan fingerprint density at radius 3 is 2.50 bits per heavy atom. The molecule has 2 atom stereocenters. The normalized spacial score (nSPS) is 23.8. The van der Waals surface area contributed by atoms with Crippen molar-refractivity contribution in [2.45, 2.75) is 30.6 Å². The molecular weight excluding hydrogens is 323 g/mol. The van der Waals surface area contributed by atoms with E-state index in [0.29, 0.717) is 6.42 Å². The zero-order valence-corrected chi connectivity index (χ0v) is 13.8. The Bertz CT molecular complexity index is 684. The Kier molecular flexibility index (Phi) is 3.65. The standard InChI is InChI=1S/C15H16Cl2N4O/c1-10(20-13(22)14(2)7-15(14,16)17)11-3-5-12(6-4-11)21-9-18-8-19-21/h3-6,8-10H,7H2,1-2H3,(H,20,22). The minimum atomic E-state index is -0.951. The van der Waals surface area contributed by atoms with Crippen LogP contribution in [0.1, 0.15) is 31.9 Å². The van der Waals surface area contributed by atoms with E-state index in [-0.39, 0.29) is 11.9 Å². The first-order valence-electron chi connectivity index (χ1n) is 6.97. The summed E-state index contributed by atoms with van der Waals surface area (Å²) in [5.74, 6) is -0.120. The topological polar surface area (TPSA) is 59.8 Å². The van der Waals surface area contributed by atoms with Gasteiger partial charge in [-0.2, -0.15) is 5.10 Å². The van der Waals surface area contributed by atoms with E-state index < -0.39 is 9.75 Å². The van der Waals surface area contributed by atoms with Gasteiger partial charge in [-0.25, -0.2) is 9.67 Å². The Morgan fingerprint density at radius 1 is 1.36 bits per heavy atom. The maximum absolute atomic E-state index is 12.3. The van der Waals surface area contributed by atoms with Crippen molar-refractivity contribution in [3.05, 3.63) is 42.5 Å². The van der Waals surface area contributed by atoms with E-state index in [1.807, 2.05) is 31.2 Å². The van der Waals surface area contributed by atoms with Crippen molar-refractivity contribution >= 4 is 29.1 Å². The first kappa shape index (κ1) is 15.3. The molecule has 0 saturated heterocycles. The van der Waals surface area contributed by atoms with Crippen LogP contribution < -0.4 is 5.32 Å². The van der Waals surface area contributed by atoms with Gasteiger partial charge in [0.05, 0.1) is 17.1 Å². The third-order valence-corrected chi connectivity index (χ3v) is 5.28. The molecule has 0 aliphatic heterocycles. The number of carbonyl (C=O) groups excluding carboxylic acids is 1. The number of halogens is 2. The predicted molar refractivity (Wildman–Crippen MR) is 85.1 cm³/mol. The summed E-state index contributed by atoms with van der Waals surface area (Å²) in [5, 5.41) is 7.04. The first-order valence-corrected chi connectivity index (χ1v) is 7.73. The van der Waals surface area contributed by atoms with Crippen molar-refractivity contribution in [2.75, 3.05) is 0 Å². The SMILES string of the molecule is CC(NC(=O)C1(C)CC1(Cl)Cl)c1ccc(-n2cncn2)cc1. The highest BCUT2D eigenvalue weighted by Crippen LogP contribution is 2.63. The van der Waals surface area contributed by atoms with Gasteiger partial charge >= 0.3 is 0 Å². The average Bonchev–Trinajstić information content (AvgIpc) is 2.87. The predicted octanol–water partition coefficient (Wildman–Crippen LogP) is 3.03. The lowest BCUT2D eigenvalue weighted by Gasteiger charge is -2.19. The highest BCUT2D eigenvalue weighted by Gasteiger charge is 2.67. The largest absolute Gasteiger partial charge is 0.349 e. The molecule has 1 aromatic carbocycles. The second-order valence-corrected chi connectivity index (χ2v) is 7.32. The van der Waals surface area contributed by atoms with Gasteiger partial charge in [-0.3, -0.25) is 4.79 Å². The molecule has 1 fully saturated rings. The average molecular weight is 339 g/mol. The first-order chi connectivity index (χ1) is 10.3. The number of aromatic nitrogens is 3. The highest BCUT2D eigenvalue weighted by atomic mass is 35.5.